The molecule has 0 fully saturated rings. The zero-order valence-electron chi connectivity index (χ0n) is 6.92. The van der Waals surface area contributed by atoms with Crippen molar-refractivity contribution in [2.45, 2.75) is 6.42 Å². The molecule has 0 unspecified atom stereocenters. The average molecular weight is 211 g/mol. The Morgan fingerprint density at radius 2 is 2.43 bits per heavy atom. The van der Waals surface area contributed by atoms with Gasteiger partial charge in [0.1, 0.15) is 23.0 Å². The van der Waals surface area contributed by atoms with Gasteiger partial charge in [-0.3, -0.25) is 0 Å². The third-order valence-electron chi connectivity index (χ3n) is 1.50. The molecule has 0 atom stereocenters. The molecular weight excluding hydrogens is 207 g/mol. The minimum absolute atomic E-state index is 0.0146. The van der Waals surface area contributed by atoms with Crippen molar-refractivity contribution in [3.05, 3.63) is 34.4 Å². The summed E-state index contributed by atoms with van der Waals surface area (Å²) in [4.78, 5) is 13.5. The number of hydrogen-bond acceptors (Lipinski definition) is 3. The quantitative estimate of drug-likeness (QED) is 0.551. The summed E-state index contributed by atoms with van der Waals surface area (Å²) in [5, 5.41) is 8.43. The highest BCUT2D eigenvalue weighted by atomic mass is 35.5. The maximum absolute atomic E-state index is 13.1. The zero-order valence-corrected chi connectivity index (χ0v) is 7.68. The normalized spacial score (nSPS) is 8.93. The summed E-state index contributed by atoms with van der Waals surface area (Å²) in [5.41, 5.74) is 0.000323. The number of carbonyl (C=O) groups excluding carboxylic acids is 1. The van der Waals surface area contributed by atoms with E-state index in [-0.39, 0.29) is 22.8 Å². The SMILES string of the molecule is N#Cc1cc(F)c(CC=C=O)nc1Cl. The lowest BCUT2D eigenvalue weighted by Gasteiger charge is -2.00. The molecule has 0 aliphatic carbocycles. The molecule has 0 bridgehead atoms. The molecule has 1 rings (SSSR count). The third-order valence-corrected chi connectivity index (χ3v) is 1.79. The number of aromatic nitrogens is 1. The number of rotatable bonds is 2. The molecule has 1 aromatic rings. The fourth-order valence-corrected chi connectivity index (χ4v) is 1.06. The first-order chi connectivity index (χ1) is 6.69. The summed E-state index contributed by atoms with van der Waals surface area (Å²) < 4.78 is 13.1. The number of hydrogen-bond donors (Lipinski definition) is 0. The maximum Gasteiger partial charge on any atom is 0.147 e. The van der Waals surface area contributed by atoms with E-state index in [1.807, 2.05) is 0 Å². The number of pyridine rings is 1. The van der Waals surface area contributed by atoms with Crippen LogP contribution in [0.2, 0.25) is 5.15 Å². The number of nitrogens with zero attached hydrogens (tertiary/aromatic N) is 2. The van der Waals surface area contributed by atoms with Gasteiger partial charge in [0.05, 0.1) is 11.3 Å². The van der Waals surface area contributed by atoms with Crippen molar-refractivity contribution < 1.29 is 9.18 Å². The molecule has 70 valence electrons. The van der Waals surface area contributed by atoms with E-state index in [2.05, 4.69) is 4.98 Å². The summed E-state index contributed by atoms with van der Waals surface area (Å²) in [6, 6.07) is 2.69. The van der Waals surface area contributed by atoms with Crippen molar-refractivity contribution >= 4 is 17.5 Å². The molecule has 0 aliphatic rings. The van der Waals surface area contributed by atoms with Gasteiger partial charge in [-0.05, 0) is 6.07 Å². The van der Waals surface area contributed by atoms with Gasteiger partial charge in [-0.1, -0.05) is 11.6 Å². The largest absolute Gasteiger partial charge is 0.236 e. The Labute approximate surface area is 84.4 Å². The van der Waals surface area contributed by atoms with Gasteiger partial charge in [0.25, 0.3) is 0 Å². The van der Waals surface area contributed by atoms with Gasteiger partial charge >= 0.3 is 0 Å². The number of halogens is 2. The minimum atomic E-state index is -0.655. The Bertz CT molecular complexity index is 447. The Hall–Kier alpha value is -1.69. The van der Waals surface area contributed by atoms with Crippen molar-refractivity contribution in [2.75, 3.05) is 0 Å². The molecule has 0 radical (unpaired) electrons. The van der Waals surface area contributed by atoms with Gasteiger partial charge < -0.3 is 0 Å². The van der Waals surface area contributed by atoms with Crippen LogP contribution < -0.4 is 0 Å². The van der Waals surface area contributed by atoms with Crippen molar-refractivity contribution in [1.82, 2.24) is 4.98 Å². The van der Waals surface area contributed by atoms with Crippen LogP contribution in [0.15, 0.2) is 12.1 Å². The van der Waals surface area contributed by atoms with E-state index < -0.39 is 5.82 Å². The van der Waals surface area contributed by atoms with Gasteiger partial charge in [-0.15, -0.1) is 0 Å². The second-order valence-electron chi connectivity index (χ2n) is 2.39. The van der Waals surface area contributed by atoms with Gasteiger partial charge in [0.15, 0.2) is 0 Å². The Kier molecular flexibility index (Phi) is 3.35. The fraction of sp³-hybridized carbons (Fsp3) is 0.111. The van der Waals surface area contributed by atoms with E-state index in [0.717, 1.165) is 12.1 Å². The van der Waals surface area contributed by atoms with Crippen molar-refractivity contribution in [2.24, 2.45) is 0 Å². The maximum atomic E-state index is 13.1. The second-order valence-corrected chi connectivity index (χ2v) is 2.75. The molecule has 0 spiro atoms. The first kappa shape index (κ1) is 10.4. The molecule has 14 heavy (non-hydrogen) atoms. The smallest absolute Gasteiger partial charge is 0.147 e. The first-order valence-electron chi connectivity index (χ1n) is 3.63. The molecule has 3 nitrogen and oxygen atoms in total. The van der Waals surface area contributed by atoms with Gasteiger partial charge in [0.2, 0.25) is 0 Å². The molecule has 0 saturated heterocycles. The molecule has 0 aromatic carbocycles. The Morgan fingerprint density at radius 3 is 3.00 bits per heavy atom. The van der Waals surface area contributed by atoms with Crippen LogP contribution in [0.5, 0.6) is 0 Å². The van der Waals surface area contributed by atoms with E-state index in [1.165, 1.54) is 5.94 Å². The third kappa shape index (κ3) is 2.17. The van der Waals surface area contributed by atoms with Crippen LogP contribution in [-0.2, 0) is 11.2 Å². The van der Waals surface area contributed by atoms with Crippen molar-refractivity contribution in [3.63, 3.8) is 0 Å². The van der Waals surface area contributed by atoms with E-state index in [9.17, 15) is 9.18 Å². The molecule has 0 N–H and O–H groups in total. The summed E-state index contributed by atoms with van der Waals surface area (Å²) in [5.74, 6) is 0.847. The topological polar surface area (TPSA) is 53.8 Å². The van der Waals surface area contributed by atoms with Crippen LogP contribution in [0.3, 0.4) is 0 Å². The summed E-state index contributed by atoms with van der Waals surface area (Å²) >= 11 is 5.57. The van der Waals surface area contributed by atoms with E-state index in [0.29, 0.717) is 0 Å². The molecular formula is C9H4ClFN2O. The highest BCUT2D eigenvalue weighted by Gasteiger charge is 2.08. The van der Waals surface area contributed by atoms with Crippen LogP contribution in [0.1, 0.15) is 11.3 Å². The Balaban J connectivity index is 3.16. The molecule has 0 amide bonds. The monoisotopic (exact) mass is 210 g/mol. The van der Waals surface area contributed by atoms with Crippen LogP contribution in [0.4, 0.5) is 4.39 Å². The lowest BCUT2D eigenvalue weighted by molar-refractivity contribution is 0.568. The van der Waals surface area contributed by atoms with Crippen molar-refractivity contribution in [1.29, 1.82) is 5.26 Å². The van der Waals surface area contributed by atoms with Gasteiger partial charge in [-0.25, -0.2) is 14.2 Å². The van der Waals surface area contributed by atoms with Crippen LogP contribution in [0.25, 0.3) is 0 Å². The highest BCUT2D eigenvalue weighted by Crippen LogP contribution is 2.16. The van der Waals surface area contributed by atoms with Gasteiger partial charge in [-0.2, -0.15) is 5.26 Å². The van der Waals surface area contributed by atoms with Crippen LogP contribution in [0, 0.1) is 17.1 Å². The predicted molar refractivity (Wildman–Crippen MR) is 47.9 cm³/mol. The number of allylic oxidation sites excluding steroid dienone is 1. The molecule has 0 saturated carbocycles. The molecule has 1 aromatic heterocycles. The standard InChI is InChI=1S/C9H4ClFN2O/c10-9-6(5-12)4-7(11)8(13-9)2-1-3-14/h1,4H,2H2. The molecule has 0 aliphatic heterocycles. The van der Waals surface area contributed by atoms with E-state index >= 15 is 0 Å². The van der Waals surface area contributed by atoms with Crippen LogP contribution >= 0.6 is 11.6 Å². The van der Waals surface area contributed by atoms with E-state index in [4.69, 9.17) is 16.9 Å². The lowest BCUT2D eigenvalue weighted by atomic mass is 10.2. The molecule has 5 heteroatoms. The zero-order chi connectivity index (χ0) is 10.6. The summed E-state index contributed by atoms with van der Waals surface area (Å²) in [6.07, 6.45) is 1.11. The van der Waals surface area contributed by atoms with Crippen LogP contribution in [-0.4, -0.2) is 10.9 Å². The first-order valence-corrected chi connectivity index (χ1v) is 4.01. The van der Waals surface area contributed by atoms with Crippen molar-refractivity contribution in [3.8, 4) is 6.07 Å². The average Bonchev–Trinajstić information content (AvgIpc) is 2.18. The predicted octanol–water partition coefficient (Wildman–Crippen LogP) is 1.68. The molecule has 1 heterocycles. The fourth-order valence-electron chi connectivity index (χ4n) is 0.862. The number of nitriles is 1. The van der Waals surface area contributed by atoms with E-state index in [1.54, 1.807) is 6.07 Å². The lowest BCUT2D eigenvalue weighted by Crippen LogP contribution is -1.96. The highest BCUT2D eigenvalue weighted by molar-refractivity contribution is 6.30. The summed E-state index contributed by atoms with van der Waals surface area (Å²) in [7, 11) is 0. The summed E-state index contributed by atoms with van der Waals surface area (Å²) in [6.45, 7) is 0. The van der Waals surface area contributed by atoms with Gasteiger partial charge in [0, 0.05) is 12.5 Å². The minimum Gasteiger partial charge on any atom is -0.236 e. The Morgan fingerprint density at radius 1 is 1.71 bits per heavy atom. The second kappa shape index (κ2) is 4.52.